The molecule has 1 aromatic rings. The zero-order valence-corrected chi connectivity index (χ0v) is 12.4. The topological polar surface area (TPSA) is 58.4 Å². The molecule has 1 heterocycles. The molecule has 2 atom stereocenters. The molecule has 20 heavy (non-hydrogen) atoms. The standard InChI is InChI=1S/C16H25N3O/c1-3-12(2)18-16(20)11-19-10-13(8-9-17)14-6-4-5-7-15(14)19/h4-7,12-13H,3,8-11,17H2,1-2H3,(H,18,20). The molecule has 0 saturated heterocycles. The van der Waals surface area contributed by atoms with Crippen LogP contribution in [-0.4, -0.2) is 31.6 Å². The molecular formula is C16H25N3O. The summed E-state index contributed by atoms with van der Waals surface area (Å²) in [6.45, 7) is 6.12. The van der Waals surface area contributed by atoms with E-state index in [1.165, 1.54) is 11.3 Å². The molecule has 2 rings (SSSR count). The highest BCUT2D eigenvalue weighted by Crippen LogP contribution is 2.37. The van der Waals surface area contributed by atoms with Crippen LogP contribution < -0.4 is 16.0 Å². The van der Waals surface area contributed by atoms with Crippen molar-refractivity contribution >= 4 is 11.6 Å². The Morgan fingerprint density at radius 1 is 1.50 bits per heavy atom. The minimum atomic E-state index is 0.0996. The molecule has 1 aliphatic rings. The number of carbonyl (C=O) groups excluding carboxylic acids is 1. The van der Waals surface area contributed by atoms with Crippen LogP contribution in [0.4, 0.5) is 5.69 Å². The molecule has 2 unspecified atom stereocenters. The number of hydrogen-bond donors (Lipinski definition) is 2. The van der Waals surface area contributed by atoms with Crippen molar-refractivity contribution in [3.63, 3.8) is 0 Å². The Hall–Kier alpha value is -1.55. The summed E-state index contributed by atoms with van der Waals surface area (Å²) in [7, 11) is 0. The number of nitrogens with one attached hydrogen (secondary N) is 1. The van der Waals surface area contributed by atoms with Gasteiger partial charge in [-0.1, -0.05) is 25.1 Å². The van der Waals surface area contributed by atoms with Gasteiger partial charge in [0.05, 0.1) is 6.54 Å². The predicted molar refractivity (Wildman–Crippen MR) is 83.0 cm³/mol. The Balaban J connectivity index is 2.05. The Kier molecular flexibility index (Phi) is 5.01. The van der Waals surface area contributed by atoms with Crippen LogP contribution in [0.3, 0.4) is 0 Å². The lowest BCUT2D eigenvalue weighted by atomic mass is 9.98. The summed E-state index contributed by atoms with van der Waals surface area (Å²) in [6.07, 6.45) is 1.93. The van der Waals surface area contributed by atoms with E-state index < -0.39 is 0 Å². The summed E-state index contributed by atoms with van der Waals surface area (Å²) in [5.74, 6) is 0.551. The Bertz CT molecular complexity index is 461. The highest BCUT2D eigenvalue weighted by molar-refractivity contribution is 5.82. The Morgan fingerprint density at radius 2 is 2.25 bits per heavy atom. The third-order valence-electron chi connectivity index (χ3n) is 4.03. The highest BCUT2D eigenvalue weighted by Gasteiger charge is 2.28. The zero-order chi connectivity index (χ0) is 14.5. The van der Waals surface area contributed by atoms with Crippen LogP contribution in [0.25, 0.3) is 0 Å². The normalized spacial score (nSPS) is 18.8. The van der Waals surface area contributed by atoms with Crippen molar-refractivity contribution in [1.82, 2.24) is 5.32 Å². The average molecular weight is 275 g/mol. The first kappa shape index (κ1) is 14.9. The smallest absolute Gasteiger partial charge is 0.239 e. The lowest BCUT2D eigenvalue weighted by molar-refractivity contribution is -0.120. The SMILES string of the molecule is CCC(C)NC(=O)CN1CC(CCN)c2ccccc21. The number of rotatable bonds is 6. The molecule has 110 valence electrons. The third kappa shape index (κ3) is 3.31. The first-order chi connectivity index (χ1) is 9.65. The van der Waals surface area contributed by atoms with E-state index in [0.29, 0.717) is 19.0 Å². The second-order valence-corrected chi connectivity index (χ2v) is 5.59. The van der Waals surface area contributed by atoms with Gasteiger partial charge in [-0.2, -0.15) is 0 Å². The van der Waals surface area contributed by atoms with Crippen molar-refractivity contribution in [3.8, 4) is 0 Å². The van der Waals surface area contributed by atoms with Crippen molar-refractivity contribution in [2.45, 2.75) is 38.6 Å². The highest BCUT2D eigenvalue weighted by atomic mass is 16.2. The molecule has 4 nitrogen and oxygen atoms in total. The van der Waals surface area contributed by atoms with Gasteiger partial charge in [0.1, 0.15) is 0 Å². The van der Waals surface area contributed by atoms with Crippen LogP contribution in [0.15, 0.2) is 24.3 Å². The first-order valence-corrected chi connectivity index (χ1v) is 7.49. The van der Waals surface area contributed by atoms with Crippen molar-refractivity contribution in [1.29, 1.82) is 0 Å². The van der Waals surface area contributed by atoms with Crippen LogP contribution in [0.5, 0.6) is 0 Å². The van der Waals surface area contributed by atoms with E-state index in [9.17, 15) is 4.79 Å². The number of anilines is 1. The van der Waals surface area contributed by atoms with E-state index >= 15 is 0 Å². The maximum atomic E-state index is 12.1. The minimum absolute atomic E-state index is 0.0996. The van der Waals surface area contributed by atoms with E-state index in [4.69, 9.17) is 5.73 Å². The van der Waals surface area contributed by atoms with E-state index in [0.717, 1.165) is 19.4 Å². The number of fused-ring (bicyclic) bond motifs is 1. The first-order valence-electron chi connectivity index (χ1n) is 7.49. The fourth-order valence-corrected chi connectivity index (χ4v) is 2.78. The molecule has 1 aromatic carbocycles. The van der Waals surface area contributed by atoms with Gasteiger partial charge in [-0.15, -0.1) is 0 Å². The third-order valence-corrected chi connectivity index (χ3v) is 4.03. The molecular weight excluding hydrogens is 250 g/mol. The summed E-state index contributed by atoms with van der Waals surface area (Å²) in [5, 5.41) is 3.03. The van der Waals surface area contributed by atoms with E-state index in [1.54, 1.807) is 0 Å². The number of benzene rings is 1. The van der Waals surface area contributed by atoms with Crippen LogP contribution in [0.1, 0.15) is 38.2 Å². The van der Waals surface area contributed by atoms with Crippen LogP contribution >= 0.6 is 0 Å². The molecule has 0 saturated carbocycles. The number of nitrogens with two attached hydrogens (primary N) is 1. The second-order valence-electron chi connectivity index (χ2n) is 5.59. The van der Waals surface area contributed by atoms with Crippen molar-refractivity contribution in [2.24, 2.45) is 5.73 Å². The number of para-hydroxylation sites is 1. The summed E-state index contributed by atoms with van der Waals surface area (Å²) in [5.41, 5.74) is 8.21. The molecule has 0 aliphatic carbocycles. The second kappa shape index (κ2) is 6.75. The summed E-state index contributed by atoms with van der Waals surface area (Å²) in [4.78, 5) is 14.2. The fraction of sp³-hybridized carbons (Fsp3) is 0.562. The van der Waals surface area contributed by atoms with Crippen molar-refractivity contribution in [3.05, 3.63) is 29.8 Å². The summed E-state index contributed by atoms with van der Waals surface area (Å²) < 4.78 is 0. The largest absolute Gasteiger partial charge is 0.361 e. The molecule has 3 N–H and O–H groups in total. The van der Waals surface area contributed by atoms with Gasteiger partial charge >= 0.3 is 0 Å². The van der Waals surface area contributed by atoms with Crippen molar-refractivity contribution in [2.75, 3.05) is 24.5 Å². The van der Waals surface area contributed by atoms with Gasteiger partial charge in [-0.25, -0.2) is 0 Å². The molecule has 0 fully saturated rings. The molecule has 1 aliphatic heterocycles. The maximum Gasteiger partial charge on any atom is 0.239 e. The van der Waals surface area contributed by atoms with Crippen LogP contribution in [0, 0.1) is 0 Å². The number of amides is 1. The van der Waals surface area contributed by atoms with Gasteiger partial charge in [0.2, 0.25) is 5.91 Å². The number of hydrogen-bond acceptors (Lipinski definition) is 3. The minimum Gasteiger partial charge on any atom is -0.361 e. The van der Waals surface area contributed by atoms with Gasteiger partial charge in [0, 0.05) is 24.2 Å². The van der Waals surface area contributed by atoms with Crippen molar-refractivity contribution < 1.29 is 4.79 Å². The predicted octanol–water partition coefficient (Wildman–Crippen LogP) is 1.85. The van der Waals surface area contributed by atoms with Gasteiger partial charge in [-0.05, 0) is 37.9 Å². The van der Waals surface area contributed by atoms with Crippen LogP contribution in [0.2, 0.25) is 0 Å². The monoisotopic (exact) mass is 275 g/mol. The quantitative estimate of drug-likeness (QED) is 0.833. The summed E-state index contributed by atoms with van der Waals surface area (Å²) in [6, 6.07) is 8.58. The Labute approximate surface area is 121 Å². The molecule has 4 heteroatoms. The number of nitrogens with zero attached hydrogens (tertiary/aromatic N) is 1. The Morgan fingerprint density at radius 3 is 2.95 bits per heavy atom. The summed E-state index contributed by atoms with van der Waals surface area (Å²) >= 11 is 0. The molecule has 0 radical (unpaired) electrons. The molecule has 0 bridgehead atoms. The molecule has 0 aromatic heterocycles. The van der Waals surface area contributed by atoms with Crippen LogP contribution in [-0.2, 0) is 4.79 Å². The maximum absolute atomic E-state index is 12.1. The van der Waals surface area contributed by atoms with Gasteiger partial charge in [0.15, 0.2) is 0 Å². The fourth-order valence-electron chi connectivity index (χ4n) is 2.78. The van der Waals surface area contributed by atoms with Gasteiger partial charge in [-0.3, -0.25) is 4.79 Å². The number of carbonyl (C=O) groups is 1. The van der Waals surface area contributed by atoms with E-state index in [2.05, 4.69) is 35.3 Å². The van der Waals surface area contributed by atoms with Gasteiger partial charge < -0.3 is 16.0 Å². The van der Waals surface area contributed by atoms with E-state index in [-0.39, 0.29) is 11.9 Å². The molecule has 1 amide bonds. The zero-order valence-electron chi connectivity index (χ0n) is 12.4. The lowest BCUT2D eigenvalue weighted by Gasteiger charge is -2.21. The van der Waals surface area contributed by atoms with E-state index in [1.807, 2.05) is 13.0 Å². The average Bonchev–Trinajstić information content (AvgIpc) is 2.78. The lowest BCUT2D eigenvalue weighted by Crippen LogP contribution is -2.40. The van der Waals surface area contributed by atoms with Gasteiger partial charge in [0.25, 0.3) is 0 Å². The molecule has 0 spiro atoms.